The number of fused-ring (bicyclic) bond motifs is 2. The molecule has 1 aliphatic heterocycles. The molecular formula is C17H30O2. The Morgan fingerprint density at radius 1 is 1.37 bits per heavy atom. The van der Waals surface area contributed by atoms with Crippen LogP contribution in [0.15, 0.2) is 11.6 Å². The zero-order valence-corrected chi connectivity index (χ0v) is 13.0. The molecule has 1 aliphatic carbocycles. The highest BCUT2D eigenvalue weighted by molar-refractivity contribution is 5.20. The van der Waals surface area contributed by atoms with E-state index < -0.39 is 0 Å². The molecule has 1 N–H and O–H groups in total. The smallest absolute Gasteiger partial charge is 0.0643 e. The first-order valence-corrected chi connectivity index (χ1v) is 7.97. The second-order valence-electron chi connectivity index (χ2n) is 6.75. The van der Waals surface area contributed by atoms with E-state index in [2.05, 4.69) is 33.8 Å². The normalized spacial score (nSPS) is 42.1. The summed E-state index contributed by atoms with van der Waals surface area (Å²) in [6.07, 6.45) is 7.74. The van der Waals surface area contributed by atoms with Crippen molar-refractivity contribution in [3.63, 3.8) is 0 Å². The molecule has 2 rings (SSSR count). The second-order valence-corrected chi connectivity index (χ2v) is 6.75. The Balaban J connectivity index is 2.17. The van der Waals surface area contributed by atoms with Gasteiger partial charge in [0.25, 0.3) is 0 Å². The van der Waals surface area contributed by atoms with E-state index >= 15 is 0 Å². The summed E-state index contributed by atoms with van der Waals surface area (Å²) in [6.45, 7) is 10.0. The molecule has 0 aromatic heterocycles. The predicted octanol–water partition coefficient (Wildman–Crippen LogP) is 3.79. The first-order chi connectivity index (χ1) is 9.06. The molecule has 0 unspecified atom stereocenters. The summed E-state index contributed by atoms with van der Waals surface area (Å²) in [5, 5.41) is 9.91. The number of aliphatic hydroxyl groups is 1. The summed E-state index contributed by atoms with van der Waals surface area (Å²) < 4.78 is 6.20. The largest absolute Gasteiger partial charge is 0.396 e. The molecule has 0 radical (unpaired) electrons. The van der Waals surface area contributed by atoms with E-state index in [9.17, 15) is 5.11 Å². The number of hydrogen-bond donors (Lipinski definition) is 1. The zero-order valence-electron chi connectivity index (χ0n) is 13.0. The third-order valence-corrected chi connectivity index (χ3v) is 5.74. The van der Waals surface area contributed by atoms with E-state index in [1.807, 2.05) is 0 Å². The van der Waals surface area contributed by atoms with Crippen LogP contribution in [0.4, 0.5) is 0 Å². The maximum Gasteiger partial charge on any atom is 0.0643 e. The average molecular weight is 266 g/mol. The summed E-state index contributed by atoms with van der Waals surface area (Å²) in [5.41, 5.74) is 1.43. The van der Waals surface area contributed by atoms with Gasteiger partial charge in [0, 0.05) is 11.3 Å². The Hall–Kier alpha value is -0.340. The van der Waals surface area contributed by atoms with E-state index in [0.29, 0.717) is 23.9 Å². The van der Waals surface area contributed by atoms with E-state index in [4.69, 9.17) is 4.74 Å². The fraction of sp³-hybridized carbons (Fsp3) is 0.882. The number of rotatable bonds is 5. The van der Waals surface area contributed by atoms with Gasteiger partial charge in [-0.05, 0) is 25.2 Å². The van der Waals surface area contributed by atoms with Gasteiger partial charge in [-0.2, -0.15) is 0 Å². The van der Waals surface area contributed by atoms with Crippen LogP contribution in [-0.2, 0) is 4.74 Å². The van der Waals surface area contributed by atoms with Crippen LogP contribution in [0.2, 0.25) is 0 Å². The van der Waals surface area contributed by atoms with Crippen molar-refractivity contribution in [3.05, 3.63) is 11.6 Å². The number of allylic oxidation sites excluding steroid dienone is 1. The molecule has 0 saturated carbocycles. The molecule has 2 bridgehead atoms. The van der Waals surface area contributed by atoms with Crippen LogP contribution in [0.25, 0.3) is 0 Å². The SMILES string of the molecule is CCCCC[C@@H]1OC[C@@]2(CO)[C@@H](C)C=C(C)[C@H]1[C@@H]2C. The van der Waals surface area contributed by atoms with Crippen molar-refractivity contribution in [1.82, 2.24) is 0 Å². The Kier molecular flexibility index (Phi) is 4.73. The molecule has 1 fully saturated rings. The molecular weight excluding hydrogens is 236 g/mol. The van der Waals surface area contributed by atoms with Crippen molar-refractivity contribution < 1.29 is 9.84 Å². The van der Waals surface area contributed by atoms with E-state index in [1.54, 1.807) is 0 Å². The van der Waals surface area contributed by atoms with Crippen molar-refractivity contribution in [1.29, 1.82) is 0 Å². The predicted molar refractivity (Wildman–Crippen MR) is 79.0 cm³/mol. The first-order valence-electron chi connectivity index (χ1n) is 7.97. The highest BCUT2D eigenvalue weighted by Crippen LogP contribution is 2.52. The van der Waals surface area contributed by atoms with Crippen molar-refractivity contribution in [2.45, 2.75) is 59.5 Å². The van der Waals surface area contributed by atoms with Crippen LogP contribution in [0.5, 0.6) is 0 Å². The number of unbranched alkanes of at least 4 members (excludes halogenated alkanes) is 2. The number of hydrogen-bond acceptors (Lipinski definition) is 2. The van der Waals surface area contributed by atoms with Gasteiger partial charge in [0.05, 0.1) is 19.3 Å². The lowest BCUT2D eigenvalue weighted by atomic mass is 9.56. The van der Waals surface area contributed by atoms with Gasteiger partial charge in [0.2, 0.25) is 0 Å². The lowest BCUT2D eigenvalue weighted by Gasteiger charge is -2.55. The van der Waals surface area contributed by atoms with Gasteiger partial charge in [0.1, 0.15) is 0 Å². The molecule has 2 nitrogen and oxygen atoms in total. The van der Waals surface area contributed by atoms with Gasteiger partial charge >= 0.3 is 0 Å². The maximum atomic E-state index is 9.91. The third-order valence-electron chi connectivity index (χ3n) is 5.74. The Morgan fingerprint density at radius 2 is 2.11 bits per heavy atom. The monoisotopic (exact) mass is 266 g/mol. The van der Waals surface area contributed by atoms with Gasteiger partial charge in [-0.25, -0.2) is 0 Å². The van der Waals surface area contributed by atoms with Crippen molar-refractivity contribution in [2.75, 3.05) is 13.2 Å². The minimum absolute atomic E-state index is 0.0502. The Bertz CT molecular complexity index is 336. The van der Waals surface area contributed by atoms with E-state index in [0.717, 1.165) is 6.61 Å². The minimum atomic E-state index is -0.0502. The van der Waals surface area contributed by atoms with Crippen LogP contribution in [0.3, 0.4) is 0 Å². The van der Waals surface area contributed by atoms with Crippen LogP contribution in [0, 0.1) is 23.2 Å². The quantitative estimate of drug-likeness (QED) is 0.606. The molecule has 0 amide bonds. The standard InChI is InChI=1S/C17H30O2/c1-5-6-7-8-15-16-12(2)9-13(3)17(10-18,11-19-15)14(16)4/h9,13-16,18H,5-8,10-11H2,1-4H3/t13-,14-,15-,16-,17-/m0/s1. The molecule has 1 heterocycles. The number of ether oxygens (including phenoxy) is 1. The topological polar surface area (TPSA) is 29.5 Å². The molecule has 2 heteroatoms. The van der Waals surface area contributed by atoms with Gasteiger partial charge in [-0.1, -0.05) is 51.7 Å². The van der Waals surface area contributed by atoms with Gasteiger partial charge in [0.15, 0.2) is 0 Å². The highest BCUT2D eigenvalue weighted by atomic mass is 16.5. The van der Waals surface area contributed by atoms with Crippen LogP contribution in [0.1, 0.15) is 53.4 Å². The summed E-state index contributed by atoms with van der Waals surface area (Å²) in [6, 6.07) is 0. The number of aliphatic hydroxyl groups excluding tert-OH is 1. The van der Waals surface area contributed by atoms with Crippen molar-refractivity contribution in [3.8, 4) is 0 Å². The van der Waals surface area contributed by atoms with Gasteiger partial charge < -0.3 is 9.84 Å². The van der Waals surface area contributed by atoms with Gasteiger partial charge in [-0.15, -0.1) is 0 Å². The van der Waals surface area contributed by atoms with Crippen molar-refractivity contribution >= 4 is 0 Å². The molecule has 1 saturated heterocycles. The zero-order chi connectivity index (χ0) is 14.0. The Morgan fingerprint density at radius 3 is 2.74 bits per heavy atom. The van der Waals surface area contributed by atoms with E-state index in [-0.39, 0.29) is 12.0 Å². The summed E-state index contributed by atoms with van der Waals surface area (Å²) in [7, 11) is 0. The molecule has 110 valence electrons. The summed E-state index contributed by atoms with van der Waals surface area (Å²) >= 11 is 0. The van der Waals surface area contributed by atoms with Crippen molar-refractivity contribution in [2.24, 2.45) is 23.2 Å². The van der Waals surface area contributed by atoms with Crippen LogP contribution < -0.4 is 0 Å². The maximum absolute atomic E-state index is 9.91. The first kappa shape index (κ1) is 15.1. The Labute approximate surface area is 118 Å². The van der Waals surface area contributed by atoms with E-state index in [1.165, 1.54) is 31.3 Å². The molecule has 0 aromatic carbocycles. The minimum Gasteiger partial charge on any atom is -0.396 e. The fourth-order valence-corrected chi connectivity index (χ4v) is 4.27. The molecule has 19 heavy (non-hydrogen) atoms. The van der Waals surface area contributed by atoms with Gasteiger partial charge in [-0.3, -0.25) is 0 Å². The van der Waals surface area contributed by atoms with Crippen LogP contribution in [-0.4, -0.2) is 24.4 Å². The van der Waals surface area contributed by atoms with Crippen LogP contribution >= 0.6 is 0 Å². The molecule has 0 aromatic rings. The molecule has 5 atom stereocenters. The lowest BCUT2D eigenvalue weighted by molar-refractivity contribution is -0.164. The lowest BCUT2D eigenvalue weighted by Crippen LogP contribution is -2.56. The molecule has 0 spiro atoms. The fourth-order valence-electron chi connectivity index (χ4n) is 4.27. The molecule has 2 aliphatic rings. The summed E-state index contributed by atoms with van der Waals surface area (Å²) in [4.78, 5) is 0. The second kappa shape index (κ2) is 5.97. The average Bonchev–Trinajstić information content (AvgIpc) is 2.38. The third kappa shape index (κ3) is 2.50. The highest BCUT2D eigenvalue weighted by Gasteiger charge is 2.52. The summed E-state index contributed by atoms with van der Waals surface area (Å²) in [5.74, 6) is 1.45.